The van der Waals surface area contributed by atoms with Crippen molar-refractivity contribution in [3.8, 4) is 11.8 Å². The van der Waals surface area contributed by atoms with Gasteiger partial charge >= 0.3 is 0 Å². The molecule has 0 aromatic heterocycles. The van der Waals surface area contributed by atoms with Gasteiger partial charge in [-0.1, -0.05) is 76.0 Å². The zero-order valence-electron chi connectivity index (χ0n) is 25.4. The van der Waals surface area contributed by atoms with Gasteiger partial charge in [0.05, 0.1) is 29.9 Å². The zero-order chi connectivity index (χ0) is 32.6. The highest BCUT2D eigenvalue weighted by Crippen LogP contribution is 2.53. The minimum Gasteiger partial charge on any atom is -0.495 e. The number of benzene rings is 3. The Hall–Kier alpha value is -3.51. The smallest absolute Gasteiger partial charge is 0.242 e. The van der Waals surface area contributed by atoms with E-state index in [-0.39, 0.29) is 49.7 Å². The fourth-order valence-corrected chi connectivity index (χ4v) is 6.39. The number of halogens is 4. The third-order valence-electron chi connectivity index (χ3n) is 8.00. The van der Waals surface area contributed by atoms with Gasteiger partial charge in [0.2, 0.25) is 5.91 Å². The summed E-state index contributed by atoms with van der Waals surface area (Å²) in [7, 11) is 1.41. The average Bonchev–Trinajstić information content (AvgIpc) is 3.27. The lowest BCUT2D eigenvalue weighted by atomic mass is 9.62. The monoisotopic (exact) mass is 641 g/mol. The van der Waals surface area contributed by atoms with Crippen LogP contribution in [0, 0.1) is 34.3 Å². The fourth-order valence-electron chi connectivity index (χ4n) is 6.05. The van der Waals surface area contributed by atoms with E-state index in [1.54, 1.807) is 32.0 Å². The summed E-state index contributed by atoms with van der Waals surface area (Å²) < 4.78 is 37.2. The minimum absolute atomic E-state index is 0.0118. The minimum atomic E-state index is -1.76. The van der Waals surface area contributed by atoms with Gasteiger partial charge in [0, 0.05) is 34.0 Å². The maximum absolute atomic E-state index is 15.9. The first kappa shape index (κ1) is 33.4. The van der Waals surface area contributed by atoms with Crippen molar-refractivity contribution in [3.05, 3.63) is 93.0 Å². The van der Waals surface area contributed by atoms with E-state index in [4.69, 9.17) is 27.9 Å². The number of ketones is 1. The van der Waals surface area contributed by atoms with Gasteiger partial charge in [0.15, 0.2) is 5.78 Å². The van der Waals surface area contributed by atoms with Crippen LogP contribution < -0.4 is 15.4 Å². The van der Waals surface area contributed by atoms with E-state index >= 15 is 8.78 Å². The van der Waals surface area contributed by atoms with Crippen molar-refractivity contribution < 1.29 is 23.1 Å². The van der Waals surface area contributed by atoms with Crippen LogP contribution in [0.3, 0.4) is 0 Å². The molecule has 6 nitrogen and oxygen atoms in total. The van der Waals surface area contributed by atoms with Crippen LogP contribution in [0.25, 0.3) is 0 Å². The summed E-state index contributed by atoms with van der Waals surface area (Å²) in [6.45, 7) is 9.45. The van der Waals surface area contributed by atoms with Gasteiger partial charge in [0.1, 0.15) is 22.8 Å². The number of ether oxygens (including phenoxy) is 1. The number of carbonyl (C=O) groups excluding carboxylic acids is 2. The Morgan fingerprint density at radius 2 is 1.82 bits per heavy atom. The molecule has 4 rings (SSSR count). The summed E-state index contributed by atoms with van der Waals surface area (Å²) in [6.07, 6.45) is 0.334. The highest BCUT2D eigenvalue weighted by molar-refractivity contribution is 6.31. The van der Waals surface area contributed by atoms with Crippen LogP contribution in [0.2, 0.25) is 10.0 Å². The van der Waals surface area contributed by atoms with Crippen molar-refractivity contribution in [1.29, 1.82) is 5.26 Å². The predicted molar refractivity (Wildman–Crippen MR) is 168 cm³/mol. The zero-order valence-corrected chi connectivity index (χ0v) is 26.9. The number of Topliss-reactive ketones (excluding diaryl/α,β-unsaturated/α-hetero) is 1. The maximum atomic E-state index is 15.9. The third kappa shape index (κ3) is 6.32. The molecule has 10 heteroatoms. The molecule has 1 saturated heterocycles. The Morgan fingerprint density at radius 3 is 2.41 bits per heavy atom. The standard InChI is InChI=1S/C34H35Cl2F2N3O3/c1-18(2)31(42)19-10-13-25(26(14-19)44-6)40-32(43)30-28(21-8-7-9-23(36)29(21)38)34(17-39,27(41-30)16-33(3,4)5)22-12-11-20(35)15-24(22)37/h7-15,18,27-28,30,41H,16H2,1-6H3,(H,40,43)/t27?,28?,30-,34+/m1/s1. The molecule has 3 aromatic rings. The molecule has 1 amide bonds. The molecule has 1 aliphatic heterocycles. The first-order valence-corrected chi connectivity index (χ1v) is 15.0. The van der Waals surface area contributed by atoms with Crippen molar-refractivity contribution in [2.75, 3.05) is 12.4 Å². The lowest BCUT2D eigenvalue weighted by Crippen LogP contribution is -2.45. The van der Waals surface area contributed by atoms with E-state index < -0.39 is 41.0 Å². The molecule has 0 bridgehead atoms. The van der Waals surface area contributed by atoms with Crippen molar-refractivity contribution in [3.63, 3.8) is 0 Å². The first-order chi connectivity index (χ1) is 20.6. The van der Waals surface area contributed by atoms with Gasteiger partial charge in [-0.3, -0.25) is 9.59 Å². The number of anilines is 1. The molecule has 2 unspecified atom stereocenters. The average molecular weight is 643 g/mol. The number of amides is 1. The molecule has 44 heavy (non-hydrogen) atoms. The molecule has 0 saturated carbocycles. The molecule has 2 N–H and O–H groups in total. The van der Waals surface area contributed by atoms with Gasteiger partial charge in [-0.15, -0.1) is 0 Å². The van der Waals surface area contributed by atoms with Crippen LogP contribution in [0.1, 0.15) is 68.4 Å². The second-order valence-corrected chi connectivity index (χ2v) is 13.5. The number of hydrogen-bond donors (Lipinski definition) is 2. The largest absolute Gasteiger partial charge is 0.495 e. The number of nitriles is 1. The summed E-state index contributed by atoms with van der Waals surface area (Å²) in [5, 5.41) is 17.0. The molecule has 1 aliphatic rings. The number of nitrogens with zero attached hydrogens (tertiary/aromatic N) is 1. The molecule has 232 valence electrons. The van der Waals surface area contributed by atoms with Gasteiger partial charge in [-0.2, -0.15) is 5.26 Å². The van der Waals surface area contributed by atoms with Crippen molar-refractivity contribution >= 4 is 40.6 Å². The van der Waals surface area contributed by atoms with Crippen LogP contribution in [0.4, 0.5) is 14.5 Å². The number of carbonyl (C=O) groups is 2. The van der Waals surface area contributed by atoms with E-state index in [2.05, 4.69) is 16.7 Å². The van der Waals surface area contributed by atoms with Crippen LogP contribution in [-0.2, 0) is 10.2 Å². The molecule has 0 spiro atoms. The molecule has 0 aliphatic carbocycles. The third-order valence-corrected chi connectivity index (χ3v) is 8.53. The van der Waals surface area contributed by atoms with Gasteiger partial charge in [0.25, 0.3) is 0 Å². The normalized spacial score (nSPS) is 21.6. The molecule has 0 radical (unpaired) electrons. The summed E-state index contributed by atoms with van der Waals surface area (Å²) in [6, 6.07) is 13.3. The number of nitrogens with one attached hydrogen (secondary N) is 2. The lowest BCUT2D eigenvalue weighted by molar-refractivity contribution is -0.118. The number of hydrogen-bond acceptors (Lipinski definition) is 5. The van der Waals surface area contributed by atoms with Crippen molar-refractivity contribution in [2.45, 2.75) is 64.5 Å². The Bertz CT molecular complexity index is 1630. The summed E-state index contributed by atoms with van der Waals surface area (Å²) in [4.78, 5) is 26.8. The van der Waals surface area contributed by atoms with E-state index in [1.807, 2.05) is 20.8 Å². The quantitative estimate of drug-likeness (QED) is 0.243. The first-order valence-electron chi connectivity index (χ1n) is 14.2. The van der Waals surface area contributed by atoms with E-state index in [1.165, 1.54) is 37.4 Å². The Morgan fingerprint density at radius 1 is 1.11 bits per heavy atom. The Kier molecular flexibility index (Phi) is 9.75. The summed E-state index contributed by atoms with van der Waals surface area (Å²) in [5.41, 5.74) is -1.48. The second kappa shape index (κ2) is 12.8. The van der Waals surface area contributed by atoms with Gasteiger partial charge in [-0.05, 0) is 53.8 Å². The van der Waals surface area contributed by atoms with Gasteiger partial charge in [-0.25, -0.2) is 8.78 Å². The molecule has 4 atom stereocenters. The van der Waals surface area contributed by atoms with Crippen LogP contribution in [-0.4, -0.2) is 30.9 Å². The summed E-state index contributed by atoms with van der Waals surface area (Å²) >= 11 is 12.3. The number of rotatable bonds is 8. The topological polar surface area (TPSA) is 91.2 Å². The molecule has 1 heterocycles. The maximum Gasteiger partial charge on any atom is 0.242 e. The highest BCUT2D eigenvalue weighted by atomic mass is 35.5. The van der Waals surface area contributed by atoms with Crippen molar-refractivity contribution in [2.24, 2.45) is 11.3 Å². The van der Waals surface area contributed by atoms with Crippen LogP contribution in [0.5, 0.6) is 5.75 Å². The van der Waals surface area contributed by atoms with Crippen LogP contribution >= 0.6 is 23.2 Å². The lowest BCUT2D eigenvalue weighted by Gasteiger charge is -2.37. The molecular weight excluding hydrogens is 607 g/mol. The second-order valence-electron chi connectivity index (χ2n) is 12.6. The van der Waals surface area contributed by atoms with E-state index in [0.29, 0.717) is 12.0 Å². The molecular formula is C34H35Cl2F2N3O3. The fraction of sp³-hybridized carbons (Fsp3) is 0.382. The van der Waals surface area contributed by atoms with E-state index in [0.717, 1.165) is 6.07 Å². The van der Waals surface area contributed by atoms with E-state index in [9.17, 15) is 14.9 Å². The number of methoxy groups -OCH3 is 1. The summed E-state index contributed by atoms with van der Waals surface area (Å²) in [5.74, 6) is -3.48. The van der Waals surface area contributed by atoms with Crippen molar-refractivity contribution in [1.82, 2.24) is 5.32 Å². The predicted octanol–water partition coefficient (Wildman–Crippen LogP) is 8.08. The molecule has 3 aromatic carbocycles. The van der Waals surface area contributed by atoms with Crippen LogP contribution in [0.15, 0.2) is 54.6 Å². The Balaban J connectivity index is 1.92. The molecule has 1 fully saturated rings. The van der Waals surface area contributed by atoms with Gasteiger partial charge < -0.3 is 15.4 Å². The SMILES string of the molecule is COc1cc(C(=O)C(C)C)ccc1NC(=O)[C@@H]1NC(CC(C)(C)C)[C@](C#N)(c2ccc(Cl)cc2F)C1c1cccc(Cl)c1F. The Labute approximate surface area is 266 Å². The highest BCUT2D eigenvalue weighted by Gasteiger charge is 2.61.